The maximum atomic E-state index is 3.54. The van der Waals surface area contributed by atoms with E-state index in [0.717, 1.165) is 24.3 Å². The Labute approximate surface area is 133 Å². The third kappa shape index (κ3) is 4.61. The first-order valence-electron chi connectivity index (χ1n) is 7.80. The van der Waals surface area contributed by atoms with Crippen LogP contribution in [0, 0.1) is 0 Å². The average molecular weight is 292 g/mol. The minimum absolute atomic E-state index is 0.794. The largest absolute Gasteiger partial charge is 0.277 e. The Bertz CT molecular complexity index is 561. The number of benzene rings is 2. The average Bonchev–Trinajstić information content (AvgIpc) is 2.57. The Balaban J connectivity index is 2.21. The van der Waals surface area contributed by atoms with Gasteiger partial charge >= 0.3 is 0 Å². The topological polar surface area (TPSA) is 15.3 Å². The predicted molar refractivity (Wildman–Crippen MR) is 96.2 cm³/mol. The molecule has 0 saturated heterocycles. The van der Waals surface area contributed by atoms with Gasteiger partial charge in [-0.2, -0.15) is 0 Å². The van der Waals surface area contributed by atoms with E-state index in [1.807, 2.05) is 12.1 Å². The molecule has 0 bridgehead atoms. The first-order valence-corrected chi connectivity index (χ1v) is 7.80. The summed E-state index contributed by atoms with van der Waals surface area (Å²) in [5, 5.41) is 2.13. The van der Waals surface area contributed by atoms with E-state index in [1.165, 1.54) is 5.57 Å². The van der Waals surface area contributed by atoms with Crippen LogP contribution in [0.25, 0.3) is 0 Å². The van der Waals surface area contributed by atoms with Gasteiger partial charge in [-0.3, -0.25) is 5.01 Å². The molecule has 2 aromatic rings. The van der Waals surface area contributed by atoms with Crippen molar-refractivity contribution >= 4 is 11.4 Å². The van der Waals surface area contributed by atoms with Gasteiger partial charge in [-0.05, 0) is 43.2 Å². The van der Waals surface area contributed by atoms with Crippen LogP contribution < -0.4 is 10.4 Å². The summed E-state index contributed by atoms with van der Waals surface area (Å²) in [5.74, 6) is 0. The van der Waals surface area contributed by atoms with Crippen LogP contribution >= 0.6 is 0 Å². The third-order valence-corrected chi connectivity index (χ3v) is 3.32. The van der Waals surface area contributed by atoms with Crippen molar-refractivity contribution in [1.29, 1.82) is 0 Å². The highest BCUT2D eigenvalue weighted by atomic mass is 15.5. The standard InChI is InChI=1S/C20H24N2/c1-3-11-18(12-4-2)17-21-22(19-13-7-5-8-14-19)20-15-9-6-10-16-20/h3,5-16,21H,4,17H2,1-2H3/b11-3-,18-12+. The maximum absolute atomic E-state index is 3.54. The molecule has 2 heteroatoms. The van der Waals surface area contributed by atoms with Crippen LogP contribution in [0.2, 0.25) is 0 Å². The molecule has 1 N–H and O–H groups in total. The van der Waals surface area contributed by atoms with Crippen molar-refractivity contribution in [1.82, 2.24) is 5.43 Å². The van der Waals surface area contributed by atoms with Gasteiger partial charge in [-0.15, -0.1) is 0 Å². The van der Waals surface area contributed by atoms with Gasteiger partial charge in [-0.1, -0.05) is 61.5 Å². The molecule has 0 atom stereocenters. The molecular formula is C20H24N2. The summed E-state index contributed by atoms with van der Waals surface area (Å²) in [4.78, 5) is 0. The van der Waals surface area contributed by atoms with E-state index >= 15 is 0 Å². The van der Waals surface area contributed by atoms with Gasteiger partial charge in [-0.25, -0.2) is 5.43 Å². The Morgan fingerprint density at radius 1 is 0.955 bits per heavy atom. The summed E-state index contributed by atoms with van der Waals surface area (Å²) in [7, 11) is 0. The molecule has 0 spiro atoms. The van der Waals surface area contributed by atoms with Crippen molar-refractivity contribution in [2.75, 3.05) is 11.6 Å². The summed E-state index contributed by atoms with van der Waals surface area (Å²) >= 11 is 0. The summed E-state index contributed by atoms with van der Waals surface area (Å²) < 4.78 is 0. The number of hydrogen-bond acceptors (Lipinski definition) is 2. The molecule has 0 heterocycles. The Morgan fingerprint density at radius 2 is 1.50 bits per heavy atom. The molecule has 0 aliphatic heterocycles. The first kappa shape index (κ1) is 16.1. The number of hydrogen-bond donors (Lipinski definition) is 1. The number of allylic oxidation sites excluding steroid dienone is 2. The van der Waals surface area contributed by atoms with E-state index in [1.54, 1.807) is 0 Å². The lowest BCUT2D eigenvalue weighted by Gasteiger charge is -2.26. The number of hydrazine groups is 1. The fourth-order valence-corrected chi connectivity index (χ4v) is 2.33. The fraction of sp³-hybridized carbons (Fsp3) is 0.200. The quantitative estimate of drug-likeness (QED) is 0.554. The van der Waals surface area contributed by atoms with Crippen LogP contribution in [-0.4, -0.2) is 6.54 Å². The minimum Gasteiger partial charge on any atom is -0.277 e. The van der Waals surface area contributed by atoms with Gasteiger partial charge in [0.25, 0.3) is 0 Å². The highest BCUT2D eigenvalue weighted by Crippen LogP contribution is 2.22. The molecule has 0 fully saturated rings. The molecule has 0 unspecified atom stereocenters. The van der Waals surface area contributed by atoms with Crippen LogP contribution in [-0.2, 0) is 0 Å². The summed E-state index contributed by atoms with van der Waals surface area (Å²) in [6.45, 7) is 5.01. The lowest BCUT2D eigenvalue weighted by atomic mass is 10.2. The van der Waals surface area contributed by atoms with Crippen molar-refractivity contribution < 1.29 is 0 Å². The predicted octanol–water partition coefficient (Wildman–Crippen LogP) is 5.24. The zero-order chi connectivity index (χ0) is 15.6. The molecule has 2 rings (SSSR count). The zero-order valence-corrected chi connectivity index (χ0v) is 13.4. The van der Waals surface area contributed by atoms with E-state index in [4.69, 9.17) is 0 Å². The molecule has 2 nitrogen and oxygen atoms in total. The van der Waals surface area contributed by atoms with Gasteiger partial charge in [0.2, 0.25) is 0 Å². The van der Waals surface area contributed by atoms with E-state index in [-0.39, 0.29) is 0 Å². The molecule has 0 saturated carbocycles. The van der Waals surface area contributed by atoms with Gasteiger partial charge < -0.3 is 0 Å². The molecule has 2 aromatic carbocycles. The molecule has 22 heavy (non-hydrogen) atoms. The Morgan fingerprint density at radius 3 is 1.95 bits per heavy atom. The molecule has 114 valence electrons. The van der Waals surface area contributed by atoms with Gasteiger partial charge in [0.05, 0.1) is 11.4 Å². The normalized spacial score (nSPS) is 11.8. The Kier molecular flexibility index (Phi) is 6.46. The lowest BCUT2D eigenvalue weighted by Crippen LogP contribution is -2.35. The highest BCUT2D eigenvalue weighted by molar-refractivity contribution is 5.61. The van der Waals surface area contributed by atoms with Crippen LogP contribution in [0.1, 0.15) is 20.3 Å². The van der Waals surface area contributed by atoms with Crippen molar-refractivity contribution in [2.24, 2.45) is 0 Å². The molecule has 0 aliphatic rings. The highest BCUT2D eigenvalue weighted by Gasteiger charge is 2.08. The smallest absolute Gasteiger partial charge is 0.0577 e. The number of nitrogens with one attached hydrogen (secondary N) is 1. The molecular weight excluding hydrogens is 268 g/mol. The molecule has 0 amide bonds. The van der Waals surface area contributed by atoms with Crippen LogP contribution in [0.4, 0.5) is 11.4 Å². The molecule has 0 radical (unpaired) electrons. The molecule has 0 aromatic heterocycles. The Hall–Kier alpha value is -2.32. The maximum Gasteiger partial charge on any atom is 0.0577 e. The van der Waals surface area contributed by atoms with Crippen molar-refractivity contribution in [2.45, 2.75) is 20.3 Å². The van der Waals surface area contributed by atoms with Crippen molar-refractivity contribution in [3.63, 3.8) is 0 Å². The monoisotopic (exact) mass is 292 g/mol. The second-order valence-electron chi connectivity index (χ2n) is 5.03. The summed E-state index contributed by atoms with van der Waals surface area (Å²) in [6, 6.07) is 20.7. The number of rotatable bonds is 7. The SMILES string of the molecule is C/C=C\C(=C/CC)CNN(c1ccccc1)c1ccccc1. The zero-order valence-electron chi connectivity index (χ0n) is 13.4. The second-order valence-corrected chi connectivity index (χ2v) is 5.03. The van der Waals surface area contributed by atoms with Gasteiger partial charge in [0, 0.05) is 6.54 Å². The number of anilines is 2. The van der Waals surface area contributed by atoms with Crippen LogP contribution in [0.5, 0.6) is 0 Å². The van der Waals surface area contributed by atoms with E-state index in [0.29, 0.717) is 0 Å². The van der Waals surface area contributed by atoms with Gasteiger partial charge in [0.1, 0.15) is 0 Å². The second kappa shape index (κ2) is 8.85. The minimum atomic E-state index is 0.794. The van der Waals surface area contributed by atoms with Crippen molar-refractivity contribution in [3.8, 4) is 0 Å². The first-order chi connectivity index (χ1) is 10.8. The third-order valence-electron chi connectivity index (χ3n) is 3.32. The summed E-state index contributed by atoms with van der Waals surface area (Å²) in [5.41, 5.74) is 7.09. The number of nitrogens with zero attached hydrogens (tertiary/aromatic N) is 1. The van der Waals surface area contributed by atoms with Gasteiger partial charge in [0.15, 0.2) is 0 Å². The number of para-hydroxylation sites is 2. The van der Waals surface area contributed by atoms with E-state index in [9.17, 15) is 0 Å². The van der Waals surface area contributed by atoms with E-state index in [2.05, 4.69) is 91.0 Å². The van der Waals surface area contributed by atoms with Crippen LogP contribution in [0.3, 0.4) is 0 Å². The van der Waals surface area contributed by atoms with Crippen molar-refractivity contribution in [3.05, 3.63) is 84.5 Å². The van der Waals surface area contributed by atoms with E-state index < -0.39 is 0 Å². The van der Waals surface area contributed by atoms with Crippen LogP contribution in [0.15, 0.2) is 84.5 Å². The molecule has 0 aliphatic carbocycles. The fourth-order valence-electron chi connectivity index (χ4n) is 2.33. The lowest BCUT2D eigenvalue weighted by molar-refractivity contribution is 0.760. The summed E-state index contributed by atoms with van der Waals surface area (Å²) in [6.07, 6.45) is 7.53.